The van der Waals surface area contributed by atoms with Crippen molar-refractivity contribution in [3.63, 3.8) is 0 Å². The lowest BCUT2D eigenvalue weighted by molar-refractivity contribution is -0.150. The Morgan fingerprint density at radius 3 is 1.97 bits per heavy atom. The topological polar surface area (TPSA) is 76.7 Å². The molecule has 0 saturated heterocycles. The predicted octanol–water partition coefficient (Wildman–Crippen LogP) is 6.60. The SMILES string of the molecule is COC(=O)[C@@](NC(=O)OCc1ccccc1)(c1ccccc1)[C@H](Nc1ccccc1)c1ccc(Br)cc1. The third kappa shape index (κ3) is 6.19. The lowest BCUT2D eigenvalue weighted by Crippen LogP contribution is -2.58. The van der Waals surface area contributed by atoms with Gasteiger partial charge in [0.2, 0.25) is 0 Å². The van der Waals surface area contributed by atoms with Gasteiger partial charge >= 0.3 is 12.1 Å². The van der Waals surface area contributed by atoms with Crippen LogP contribution in [0, 0.1) is 0 Å². The summed E-state index contributed by atoms with van der Waals surface area (Å²) in [4.78, 5) is 27.1. The van der Waals surface area contributed by atoms with Crippen LogP contribution in [0.3, 0.4) is 0 Å². The van der Waals surface area contributed by atoms with Crippen molar-refractivity contribution in [3.8, 4) is 0 Å². The third-order valence-electron chi connectivity index (χ3n) is 5.97. The summed E-state index contributed by atoms with van der Waals surface area (Å²) in [5.41, 5.74) is 1.21. The van der Waals surface area contributed by atoms with Crippen LogP contribution >= 0.6 is 15.9 Å². The molecule has 1 amide bonds. The molecule has 188 valence electrons. The summed E-state index contributed by atoms with van der Waals surface area (Å²) in [6, 6.07) is 34.7. The number of esters is 1. The third-order valence-corrected chi connectivity index (χ3v) is 6.50. The summed E-state index contributed by atoms with van der Waals surface area (Å²) in [5, 5.41) is 6.35. The van der Waals surface area contributed by atoms with Gasteiger partial charge < -0.3 is 14.8 Å². The van der Waals surface area contributed by atoms with E-state index >= 15 is 0 Å². The van der Waals surface area contributed by atoms with E-state index in [1.165, 1.54) is 7.11 Å². The predicted molar refractivity (Wildman–Crippen MR) is 147 cm³/mol. The molecule has 0 unspecified atom stereocenters. The van der Waals surface area contributed by atoms with Crippen molar-refractivity contribution >= 4 is 33.7 Å². The number of methoxy groups -OCH3 is 1. The highest BCUT2D eigenvalue weighted by atomic mass is 79.9. The Balaban J connectivity index is 1.82. The van der Waals surface area contributed by atoms with Gasteiger partial charge in [-0.3, -0.25) is 5.32 Å². The van der Waals surface area contributed by atoms with Gasteiger partial charge in [0.05, 0.1) is 13.2 Å². The summed E-state index contributed by atoms with van der Waals surface area (Å²) in [7, 11) is 1.30. The number of carbonyl (C=O) groups is 2. The van der Waals surface area contributed by atoms with Crippen molar-refractivity contribution in [2.75, 3.05) is 12.4 Å². The van der Waals surface area contributed by atoms with Crippen molar-refractivity contribution in [1.29, 1.82) is 0 Å². The first kappa shape index (κ1) is 26.0. The molecule has 37 heavy (non-hydrogen) atoms. The Labute approximate surface area is 224 Å². The van der Waals surface area contributed by atoms with Crippen molar-refractivity contribution in [2.24, 2.45) is 0 Å². The van der Waals surface area contributed by atoms with Crippen LogP contribution in [0.1, 0.15) is 22.7 Å². The van der Waals surface area contributed by atoms with Crippen molar-refractivity contribution < 1.29 is 19.1 Å². The number of alkyl carbamates (subject to hydrolysis) is 1. The second-order valence-corrected chi connectivity index (χ2v) is 9.26. The minimum atomic E-state index is -1.67. The fourth-order valence-corrected chi connectivity index (χ4v) is 4.44. The number of benzene rings is 4. The molecule has 0 aliphatic rings. The number of halogens is 1. The molecule has 0 radical (unpaired) electrons. The molecule has 4 aromatic carbocycles. The summed E-state index contributed by atoms with van der Waals surface area (Å²) >= 11 is 3.48. The number of ether oxygens (including phenoxy) is 2. The Kier molecular flexibility index (Phi) is 8.59. The lowest BCUT2D eigenvalue weighted by atomic mass is 9.78. The fourth-order valence-electron chi connectivity index (χ4n) is 4.18. The Bertz CT molecular complexity index is 1300. The number of hydrogen-bond acceptors (Lipinski definition) is 5. The van der Waals surface area contributed by atoms with Gasteiger partial charge in [0.15, 0.2) is 5.54 Å². The highest BCUT2D eigenvalue weighted by Gasteiger charge is 2.51. The van der Waals surface area contributed by atoms with E-state index < -0.39 is 23.6 Å². The first-order valence-corrected chi connectivity index (χ1v) is 12.5. The first-order valence-electron chi connectivity index (χ1n) is 11.7. The van der Waals surface area contributed by atoms with Gasteiger partial charge in [0, 0.05) is 10.2 Å². The number of carbonyl (C=O) groups excluding carboxylic acids is 2. The Hall–Kier alpha value is -4.10. The standard InChI is InChI=1S/C30H27BrN2O4/c1-36-28(34)30(24-13-7-3-8-14-24,33-29(35)37-21-22-11-5-2-6-12-22)27(23-17-19-25(31)20-18-23)32-26-15-9-4-10-16-26/h2-20,27,32H,21H2,1H3,(H,33,35)/t27-,30-/m1/s1. The molecule has 4 aromatic rings. The molecule has 7 heteroatoms. The zero-order chi connectivity index (χ0) is 26.1. The Morgan fingerprint density at radius 2 is 1.38 bits per heavy atom. The molecule has 2 N–H and O–H groups in total. The number of anilines is 1. The van der Waals surface area contributed by atoms with Crippen LogP contribution < -0.4 is 10.6 Å². The Morgan fingerprint density at radius 1 is 0.811 bits per heavy atom. The normalized spacial score (nSPS) is 13.0. The molecule has 0 saturated carbocycles. The molecule has 0 aliphatic carbocycles. The number of para-hydroxylation sites is 1. The number of amides is 1. The summed E-state index contributed by atoms with van der Waals surface area (Å²) in [6.07, 6.45) is -0.755. The van der Waals surface area contributed by atoms with E-state index in [1.54, 1.807) is 12.1 Å². The minimum absolute atomic E-state index is 0.0494. The van der Waals surface area contributed by atoms with Crippen LogP contribution in [-0.4, -0.2) is 19.2 Å². The molecule has 6 nitrogen and oxygen atoms in total. The van der Waals surface area contributed by atoms with E-state index in [-0.39, 0.29) is 6.61 Å². The van der Waals surface area contributed by atoms with Crippen LogP contribution in [0.4, 0.5) is 10.5 Å². The van der Waals surface area contributed by atoms with E-state index in [0.717, 1.165) is 21.3 Å². The summed E-state index contributed by atoms with van der Waals surface area (Å²) < 4.78 is 11.8. The molecule has 0 fully saturated rings. The van der Waals surface area contributed by atoms with Gasteiger partial charge in [0.25, 0.3) is 0 Å². The molecule has 0 spiro atoms. The molecule has 0 heterocycles. The lowest BCUT2D eigenvalue weighted by Gasteiger charge is -2.40. The minimum Gasteiger partial charge on any atom is -0.467 e. The molecular weight excluding hydrogens is 532 g/mol. The van der Waals surface area contributed by atoms with Gasteiger partial charge in [-0.05, 0) is 41.0 Å². The van der Waals surface area contributed by atoms with Crippen LogP contribution in [0.2, 0.25) is 0 Å². The van der Waals surface area contributed by atoms with Crippen LogP contribution in [0.5, 0.6) is 0 Å². The molecule has 0 aliphatic heterocycles. The number of hydrogen-bond donors (Lipinski definition) is 2. The number of rotatable bonds is 9. The maximum Gasteiger partial charge on any atom is 0.408 e. The molecule has 0 bridgehead atoms. The van der Waals surface area contributed by atoms with Gasteiger partial charge in [-0.2, -0.15) is 0 Å². The van der Waals surface area contributed by atoms with Gasteiger partial charge in [-0.1, -0.05) is 107 Å². The van der Waals surface area contributed by atoms with Crippen LogP contribution in [0.25, 0.3) is 0 Å². The smallest absolute Gasteiger partial charge is 0.408 e. The molecule has 2 atom stereocenters. The maximum atomic E-state index is 13.8. The van der Waals surface area contributed by atoms with E-state index in [4.69, 9.17) is 9.47 Å². The second kappa shape index (κ2) is 12.2. The van der Waals surface area contributed by atoms with Gasteiger partial charge in [-0.25, -0.2) is 9.59 Å². The summed E-state index contributed by atoms with van der Waals surface area (Å²) in [5.74, 6) is -0.647. The monoisotopic (exact) mass is 558 g/mol. The van der Waals surface area contributed by atoms with Crippen LogP contribution in [-0.2, 0) is 26.4 Å². The first-order chi connectivity index (χ1) is 18.0. The largest absolute Gasteiger partial charge is 0.467 e. The molecular formula is C30H27BrN2O4. The average molecular weight is 559 g/mol. The highest BCUT2D eigenvalue weighted by molar-refractivity contribution is 9.10. The molecule has 0 aromatic heterocycles. The van der Waals surface area contributed by atoms with E-state index in [1.807, 2.05) is 103 Å². The quantitative estimate of drug-likeness (QED) is 0.226. The average Bonchev–Trinajstić information content (AvgIpc) is 2.95. The van der Waals surface area contributed by atoms with Crippen molar-refractivity contribution in [1.82, 2.24) is 5.32 Å². The van der Waals surface area contributed by atoms with E-state index in [2.05, 4.69) is 26.6 Å². The zero-order valence-corrected chi connectivity index (χ0v) is 21.9. The molecule has 4 rings (SSSR count). The van der Waals surface area contributed by atoms with E-state index in [0.29, 0.717) is 5.56 Å². The zero-order valence-electron chi connectivity index (χ0n) is 20.3. The summed E-state index contributed by atoms with van der Waals surface area (Å²) in [6.45, 7) is 0.0494. The van der Waals surface area contributed by atoms with E-state index in [9.17, 15) is 9.59 Å². The van der Waals surface area contributed by atoms with Crippen molar-refractivity contribution in [2.45, 2.75) is 18.2 Å². The van der Waals surface area contributed by atoms with Crippen LogP contribution in [0.15, 0.2) is 120 Å². The van der Waals surface area contributed by atoms with Crippen molar-refractivity contribution in [3.05, 3.63) is 136 Å². The highest BCUT2D eigenvalue weighted by Crippen LogP contribution is 2.40. The van der Waals surface area contributed by atoms with Gasteiger partial charge in [0.1, 0.15) is 6.61 Å². The fraction of sp³-hybridized carbons (Fsp3) is 0.133. The number of nitrogens with one attached hydrogen (secondary N) is 2. The maximum absolute atomic E-state index is 13.8. The second-order valence-electron chi connectivity index (χ2n) is 8.35. The van der Waals surface area contributed by atoms with Gasteiger partial charge in [-0.15, -0.1) is 0 Å².